The molecule has 2 N–H and O–H groups in total. The second-order valence-electron chi connectivity index (χ2n) is 7.93. The van der Waals surface area contributed by atoms with E-state index in [1.165, 1.54) is 30.3 Å². The van der Waals surface area contributed by atoms with Crippen molar-refractivity contribution >= 4 is 11.8 Å². The van der Waals surface area contributed by atoms with Gasteiger partial charge in [0.2, 0.25) is 0 Å². The lowest BCUT2D eigenvalue weighted by molar-refractivity contribution is -0.384. The van der Waals surface area contributed by atoms with Gasteiger partial charge in [0.25, 0.3) is 5.69 Å². The summed E-state index contributed by atoms with van der Waals surface area (Å²) in [5, 5.41) is 23.9. The largest absolute Gasteiger partial charge is 0.444 e. The highest BCUT2D eigenvalue weighted by Gasteiger charge is 2.19. The molecule has 0 aliphatic heterocycles. The normalized spacial score (nSPS) is 13.5. The summed E-state index contributed by atoms with van der Waals surface area (Å²) in [6.45, 7) is 5.83. The summed E-state index contributed by atoms with van der Waals surface area (Å²) >= 11 is 0. The Morgan fingerprint density at radius 3 is 2.35 bits per heavy atom. The lowest BCUT2D eigenvalue weighted by Gasteiger charge is -2.22. The van der Waals surface area contributed by atoms with E-state index < -0.39 is 28.8 Å². The van der Waals surface area contributed by atoms with Gasteiger partial charge < -0.3 is 19.9 Å². The zero-order chi connectivity index (χ0) is 22.9. The van der Waals surface area contributed by atoms with E-state index in [2.05, 4.69) is 5.32 Å². The summed E-state index contributed by atoms with van der Waals surface area (Å²) in [6, 6.07) is 14.7. The first-order valence-corrected chi connectivity index (χ1v) is 9.86. The predicted molar refractivity (Wildman–Crippen MR) is 116 cm³/mol. The van der Waals surface area contributed by atoms with Gasteiger partial charge in [-0.1, -0.05) is 42.5 Å². The number of aliphatic hydroxyl groups excluding tert-OH is 1. The van der Waals surface area contributed by atoms with Crippen molar-refractivity contribution in [1.29, 1.82) is 0 Å². The highest BCUT2D eigenvalue weighted by Crippen LogP contribution is 2.19. The maximum absolute atomic E-state index is 12.2. The first kappa shape index (κ1) is 24.0. The second-order valence-corrected chi connectivity index (χ2v) is 7.93. The van der Waals surface area contributed by atoms with Crippen molar-refractivity contribution < 1.29 is 24.3 Å². The molecule has 0 aliphatic rings. The minimum Gasteiger partial charge on any atom is -0.444 e. The number of ether oxygens (including phenoxy) is 2. The number of benzene rings is 2. The molecule has 2 rings (SSSR count). The van der Waals surface area contributed by atoms with E-state index in [9.17, 15) is 20.0 Å². The fourth-order valence-electron chi connectivity index (χ4n) is 2.63. The third kappa shape index (κ3) is 8.98. The zero-order valence-electron chi connectivity index (χ0n) is 17.9. The summed E-state index contributed by atoms with van der Waals surface area (Å²) in [4.78, 5) is 22.4. The van der Waals surface area contributed by atoms with Crippen molar-refractivity contribution in [1.82, 2.24) is 5.32 Å². The second kappa shape index (κ2) is 11.2. The molecule has 0 heterocycles. The van der Waals surface area contributed by atoms with Crippen LogP contribution in [0.4, 0.5) is 10.5 Å². The summed E-state index contributed by atoms with van der Waals surface area (Å²) in [6.07, 6.45) is 1.50. The van der Waals surface area contributed by atoms with Gasteiger partial charge in [-0.15, -0.1) is 0 Å². The molecule has 166 valence electrons. The minimum absolute atomic E-state index is 0.0567. The van der Waals surface area contributed by atoms with Crippen molar-refractivity contribution in [3.8, 4) is 0 Å². The van der Waals surface area contributed by atoms with E-state index in [-0.39, 0.29) is 12.3 Å². The number of non-ortho nitro benzene ring substituents is 1. The zero-order valence-corrected chi connectivity index (χ0v) is 17.9. The van der Waals surface area contributed by atoms with Crippen LogP contribution in [0.2, 0.25) is 0 Å². The molecular weight excluding hydrogens is 400 g/mol. The molecule has 8 nitrogen and oxygen atoms in total. The SMILES string of the molecule is CC(C)(C)OC(=O)N[C@@H](/C=C\[C@@H](O)c1ccc([N+](=O)[O-])cc1)COCc1ccccc1. The smallest absolute Gasteiger partial charge is 0.408 e. The molecule has 0 fully saturated rings. The molecule has 1 amide bonds. The van der Waals surface area contributed by atoms with E-state index >= 15 is 0 Å². The average Bonchev–Trinajstić information content (AvgIpc) is 2.71. The Kier molecular flexibility index (Phi) is 8.72. The number of hydrogen-bond donors (Lipinski definition) is 2. The highest BCUT2D eigenvalue weighted by atomic mass is 16.6. The fraction of sp³-hybridized carbons (Fsp3) is 0.348. The van der Waals surface area contributed by atoms with Gasteiger partial charge in [-0.05, 0) is 44.0 Å². The van der Waals surface area contributed by atoms with Crippen LogP contribution in [-0.4, -0.2) is 34.4 Å². The maximum atomic E-state index is 12.2. The van der Waals surface area contributed by atoms with Gasteiger partial charge in [0, 0.05) is 12.1 Å². The van der Waals surface area contributed by atoms with E-state index in [1.54, 1.807) is 26.8 Å². The number of rotatable bonds is 9. The number of nitro groups is 1. The molecule has 8 heteroatoms. The van der Waals surface area contributed by atoms with Crippen molar-refractivity contribution in [3.05, 3.63) is 88.0 Å². The third-order valence-corrected chi connectivity index (χ3v) is 4.08. The van der Waals surface area contributed by atoms with E-state index in [1.807, 2.05) is 30.3 Å². The molecular formula is C23H28N2O6. The van der Waals surface area contributed by atoms with Crippen LogP contribution in [-0.2, 0) is 16.1 Å². The Balaban J connectivity index is 2.02. The number of aliphatic hydroxyl groups is 1. The average molecular weight is 428 g/mol. The molecule has 2 aromatic carbocycles. The number of hydrogen-bond acceptors (Lipinski definition) is 6. The first-order chi connectivity index (χ1) is 14.6. The summed E-state index contributed by atoms with van der Waals surface area (Å²) < 4.78 is 11.0. The van der Waals surface area contributed by atoms with Crippen LogP contribution in [0, 0.1) is 10.1 Å². The van der Waals surface area contributed by atoms with Crippen LogP contribution in [0.1, 0.15) is 38.0 Å². The van der Waals surface area contributed by atoms with Gasteiger partial charge in [0.15, 0.2) is 0 Å². The van der Waals surface area contributed by atoms with Crippen LogP contribution in [0.5, 0.6) is 0 Å². The molecule has 31 heavy (non-hydrogen) atoms. The van der Waals surface area contributed by atoms with Crippen LogP contribution in [0.25, 0.3) is 0 Å². The van der Waals surface area contributed by atoms with Gasteiger partial charge in [-0.3, -0.25) is 10.1 Å². The lowest BCUT2D eigenvalue weighted by Crippen LogP contribution is -2.40. The number of carbonyl (C=O) groups is 1. The summed E-state index contributed by atoms with van der Waals surface area (Å²) in [7, 11) is 0. The summed E-state index contributed by atoms with van der Waals surface area (Å²) in [5.74, 6) is 0. The van der Waals surface area contributed by atoms with Crippen LogP contribution in [0.3, 0.4) is 0 Å². The molecule has 0 unspecified atom stereocenters. The number of nitrogens with zero attached hydrogens (tertiary/aromatic N) is 1. The van der Waals surface area contributed by atoms with Gasteiger partial charge in [-0.25, -0.2) is 4.79 Å². The third-order valence-electron chi connectivity index (χ3n) is 4.08. The maximum Gasteiger partial charge on any atom is 0.408 e. The summed E-state index contributed by atoms with van der Waals surface area (Å²) in [5.41, 5.74) is 0.775. The van der Waals surface area contributed by atoms with Crippen molar-refractivity contribution in [2.45, 2.75) is 45.1 Å². The molecule has 0 aromatic heterocycles. The number of amides is 1. The van der Waals surface area contributed by atoms with Crippen LogP contribution in [0.15, 0.2) is 66.7 Å². The number of nitro benzene ring substituents is 1. The quantitative estimate of drug-likeness (QED) is 0.350. The highest BCUT2D eigenvalue weighted by molar-refractivity contribution is 5.68. The van der Waals surface area contributed by atoms with Crippen molar-refractivity contribution in [3.63, 3.8) is 0 Å². The molecule has 2 atom stereocenters. The molecule has 0 aliphatic carbocycles. The van der Waals surface area contributed by atoms with Crippen LogP contribution >= 0.6 is 0 Å². The molecule has 0 radical (unpaired) electrons. The Morgan fingerprint density at radius 1 is 1.13 bits per heavy atom. The Morgan fingerprint density at radius 2 is 1.77 bits per heavy atom. The molecule has 0 spiro atoms. The Labute approximate surface area is 181 Å². The van der Waals surface area contributed by atoms with Crippen molar-refractivity contribution in [2.24, 2.45) is 0 Å². The predicted octanol–water partition coefficient (Wildman–Crippen LogP) is 4.29. The van der Waals surface area contributed by atoms with Gasteiger partial charge in [-0.2, -0.15) is 0 Å². The number of nitrogens with one attached hydrogen (secondary N) is 1. The van der Waals surface area contributed by atoms with E-state index in [0.717, 1.165) is 5.56 Å². The minimum atomic E-state index is -1.00. The number of carbonyl (C=O) groups excluding carboxylic acids is 1. The molecule has 2 aromatic rings. The van der Waals surface area contributed by atoms with Gasteiger partial charge in [0.1, 0.15) is 5.60 Å². The van der Waals surface area contributed by atoms with Crippen LogP contribution < -0.4 is 5.32 Å². The monoisotopic (exact) mass is 428 g/mol. The van der Waals surface area contributed by atoms with Gasteiger partial charge in [0.05, 0.1) is 30.3 Å². The molecule has 0 saturated carbocycles. The molecule has 0 saturated heterocycles. The number of alkyl carbamates (subject to hydrolysis) is 1. The first-order valence-electron chi connectivity index (χ1n) is 9.86. The lowest BCUT2D eigenvalue weighted by atomic mass is 10.1. The van der Waals surface area contributed by atoms with E-state index in [4.69, 9.17) is 9.47 Å². The van der Waals surface area contributed by atoms with Crippen molar-refractivity contribution in [2.75, 3.05) is 6.61 Å². The van der Waals surface area contributed by atoms with E-state index in [0.29, 0.717) is 12.2 Å². The molecule has 0 bridgehead atoms. The van der Waals surface area contributed by atoms with Gasteiger partial charge >= 0.3 is 6.09 Å². The topological polar surface area (TPSA) is 111 Å². The standard InChI is InChI=1S/C23H28N2O6/c1-23(2,3)31-22(27)24-19(16-30-15-17-7-5-4-6-8-17)11-14-21(26)18-9-12-20(13-10-18)25(28)29/h4-14,19,21,26H,15-16H2,1-3H3,(H,24,27)/b14-11-/t19-,21+/m0/s1. The Bertz CT molecular complexity index is 875. The fourth-order valence-corrected chi connectivity index (χ4v) is 2.63. The Hall–Kier alpha value is -3.23.